The van der Waals surface area contributed by atoms with Gasteiger partial charge in [-0.15, -0.1) is 0 Å². The maximum atomic E-state index is 10.3. The first-order valence-electron chi connectivity index (χ1n) is 2.94. The predicted octanol–water partition coefficient (Wildman–Crippen LogP) is 0.185. The quantitative estimate of drug-likeness (QED) is 0.492. The lowest BCUT2D eigenvalue weighted by atomic mass is 9.92. The average molecular weight is 113 g/mol. The first-order chi connectivity index (χ1) is 3.77. The molecule has 1 rings (SSSR count). The Morgan fingerprint density at radius 3 is 2.75 bits per heavy atom. The fourth-order valence-electron chi connectivity index (χ4n) is 0.937. The average Bonchev–Trinajstić information content (AvgIpc) is 2.17. The molecule has 2 nitrogen and oxygen atoms in total. The van der Waals surface area contributed by atoms with Gasteiger partial charge in [0.25, 0.3) is 0 Å². The number of nitrogens with one attached hydrogen (secondary N) is 1. The molecule has 1 atom stereocenters. The molecule has 1 fully saturated rings. The molecule has 0 aliphatic carbocycles. The molecule has 1 aliphatic heterocycles. The summed E-state index contributed by atoms with van der Waals surface area (Å²) in [4.78, 5) is 10.3. The van der Waals surface area contributed by atoms with Crippen molar-refractivity contribution in [2.24, 2.45) is 5.41 Å². The third-order valence-corrected chi connectivity index (χ3v) is 1.69. The molecule has 8 heavy (non-hydrogen) atoms. The lowest BCUT2D eigenvalue weighted by molar-refractivity contribution is -0.114. The van der Waals surface area contributed by atoms with Crippen LogP contribution in [0.5, 0.6) is 0 Å². The standard InChI is InChI=1S/C6H11NO/c1-6(5-8)2-3-7-4-6/h5,7H,2-4H2,1H3. The summed E-state index contributed by atoms with van der Waals surface area (Å²) in [5.41, 5.74) is -0.0556. The van der Waals surface area contributed by atoms with E-state index < -0.39 is 0 Å². The van der Waals surface area contributed by atoms with Gasteiger partial charge in [0.05, 0.1) is 0 Å². The van der Waals surface area contributed by atoms with Crippen LogP contribution in [0.1, 0.15) is 13.3 Å². The molecule has 0 aromatic carbocycles. The second kappa shape index (κ2) is 1.86. The molecule has 0 aromatic heterocycles. The molecular formula is C6H11NO. The largest absolute Gasteiger partial charge is 0.316 e. The summed E-state index contributed by atoms with van der Waals surface area (Å²) >= 11 is 0. The molecule has 0 bridgehead atoms. The Morgan fingerprint density at radius 1 is 1.75 bits per heavy atom. The molecule has 0 spiro atoms. The number of rotatable bonds is 1. The Labute approximate surface area is 49.3 Å². The van der Waals surface area contributed by atoms with E-state index in [0.29, 0.717) is 0 Å². The van der Waals surface area contributed by atoms with Gasteiger partial charge >= 0.3 is 0 Å². The fourth-order valence-corrected chi connectivity index (χ4v) is 0.937. The molecule has 0 aromatic rings. The minimum atomic E-state index is -0.0556. The van der Waals surface area contributed by atoms with E-state index in [1.54, 1.807) is 0 Å². The van der Waals surface area contributed by atoms with E-state index in [-0.39, 0.29) is 5.41 Å². The lowest BCUT2D eigenvalue weighted by Crippen LogP contribution is -2.20. The zero-order chi connectivity index (χ0) is 6.04. The van der Waals surface area contributed by atoms with E-state index in [9.17, 15) is 4.79 Å². The number of carbonyl (C=O) groups is 1. The summed E-state index contributed by atoms with van der Waals surface area (Å²) in [5, 5.41) is 3.13. The van der Waals surface area contributed by atoms with Crippen LogP contribution in [0, 0.1) is 5.41 Å². The summed E-state index contributed by atoms with van der Waals surface area (Å²) in [6.45, 7) is 3.84. The van der Waals surface area contributed by atoms with Gasteiger partial charge in [0.1, 0.15) is 6.29 Å². The van der Waals surface area contributed by atoms with Crippen LogP contribution in [-0.2, 0) is 4.79 Å². The second-order valence-electron chi connectivity index (χ2n) is 2.70. The van der Waals surface area contributed by atoms with E-state index in [1.165, 1.54) is 0 Å². The highest BCUT2D eigenvalue weighted by atomic mass is 16.1. The summed E-state index contributed by atoms with van der Waals surface area (Å²) in [6.07, 6.45) is 2.05. The molecule has 0 radical (unpaired) electrons. The van der Waals surface area contributed by atoms with Crippen molar-refractivity contribution >= 4 is 6.29 Å². The van der Waals surface area contributed by atoms with E-state index in [4.69, 9.17) is 0 Å². The maximum Gasteiger partial charge on any atom is 0.127 e. The summed E-state index contributed by atoms with van der Waals surface area (Å²) < 4.78 is 0. The van der Waals surface area contributed by atoms with Crippen LogP contribution in [0.4, 0.5) is 0 Å². The summed E-state index contributed by atoms with van der Waals surface area (Å²) in [7, 11) is 0. The van der Waals surface area contributed by atoms with Crippen molar-refractivity contribution in [2.75, 3.05) is 13.1 Å². The first-order valence-corrected chi connectivity index (χ1v) is 2.94. The maximum absolute atomic E-state index is 10.3. The molecule has 2 heteroatoms. The van der Waals surface area contributed by atoms with Crippen LogP contribution in [0.3, 0.4) is 0 Å². The highest BCUT2D eigenvalue weighted by Crippen LogP contribution is 2.20. The number of carbonyl (C=O) groups excluding carboxylic acids is 1. The molecule has 0 saturated carbocycles. The van der Waals surface area contributed by atoms with Crippen molar-refractivity contribution in [3.05, 3.63) is 0 Å². The molecule has 0 amide bonds. The van der Waals surface area contributed by atoms with Gasteiger partial charge in [-0.2, -0.15) is 0 Å². The van der Waals surface area contributed by atoms with Crippen molar-refractivity contribution in [3.8, 4) is 0 Å². The molecule has 1 saturated heterocycles. The van der Waals surface area contributed by atoms with Crippen LogP contribution in [-0.4, -0.2) is 19.4 Å². The zero-order valence-electron chi connectivity index (χ0n) is 5.11. The Balaban J connectivity index is 2.52. The van der Waals surface area contributed by atoms with Gasteiger partial charge in [0.15, 0.2) is 0 Å². The Hall–Kier alpha value is -0.370. The highest BCUT2D eigenvalue weighted by Gasteiger charge is 2.27. The third kappa shape index (κ3) is 0.892. The van der Waals surface area contributed by atoms with E-state index in [0.717, 1.165) is 25.8 Å². The van der Waals surface area contributed by atoms with Gasteiger partial charge in [-0.1, -0.05) is 6.92 Å². The van der Waals surface area contributed by atoms with E-state index in [1.807, 2.05) is 6.92 Å². The van der Waals surface area contributed by atoms with Crippen molar-refractivity contribution in [1.29, 1.82) is 0 Å². The van der Waals surface area contributed by atoms with Crippen molar-refractivity contribution in [1.82, 2.24) is 5.32 Å². The second-order valence-corrected chi connectivity index (χ2v) is 2.70. The van der Waals surface area contributed by atoms with Crippen LogP contribution in [0.15, 0.2) is 0 Å². The van der Waals surface area contributed by atoms with Gasteiger partial charge < -0.3 is 10.1 Å². The first kappa shape index (κ1) is 5.76. The predicted molar refractivity (Wildman–Crippen MR) is 31.7 cm³/mol. The smallest absolute Gasteiger partial charge is 0.127 e. The molecular weight excluding hydrogens is 102 g/mol. The number of aldehydes is 1. The zero-order valence-corrected chi connectivity index (χ0v) is 5.11. The molecule has 1 aliphatic rings. The summed E-state index contributed by atoms with van der Waals surface area (Å²) in [5.74, 6) is 0. The van der Waals surface area contributed by atoms with Gasteiger partial charge in [0, 0.05) is 12.0 Å². The normalized spacial score (nSPS) is 37.6. The van der Waals surface area contributed by atoms with Crippen molar-refractivity contribution in [3.63, 3.8) is 0 Å². The van der Waals surface area contributed by atoms with Crippen LogP contribution in [0.25, 0.3) is 0 Å². The topological polar surface area (TPSA) is 29.1 Å². The van der Waals surface area contributed by atoms with E-state index in [2.05, 4.69) is 5.32 Å². The Kier molecular flexibility index (Phi) is 1.34. The summed E-state index contributed by atoms with van der Waals surface area (Å²) in [6, 6.07) is 0. The monoisotopic (exact) mass is 113 g/mol. The Bertz CT molecular complexity index is 94.7. The minimum Gasteiger partial charge on any atom is -0.316 e. The number of hydrogen-bond donors (Lipinski definition) is 1. The molecule has 46 valence electrons. The van der Waals surface area contributed by atoms with Crippen molar-refractivity contribution < 1.29 is 4.79 Å². The molecule has 1 unspecified atom stereocenters. The molecule has 1 heterocycles. The van der Waals surface area contributed by atoms with Gasteiger partial charge in [-0.25, -0.2) is 0 Å². The van der Waals surface area contributed by atoms with Gasteiger partial charge in [0.2, 0.25) is 0 Å². The minimum absolute atomic E-state index is 0.0556. The lowest BCUT2D eigenvalue weighted by Gasteiger charge is -2.10. The number of hydrogen-bond acceptors (Lipinski definition) is 2. The van der Waals surface area contributed by atoms with Crippen LogP contribution < -0.4 is 5.32 Å². The van der Waals surface area contributed by atoms with Crippen LogP contribution in [0.2, 0.25) is 0 Å². The highest BCUT2D eigenvalue weighted by molar-refractivity contribution is 5.59. The van der Waals surface area contributed by atoms with Crippen LogP contribution >= 0.6 is 0 Å². The Morgan fingerprint density at radius 2 is 2.50 bits per heavy atom. The van der Waals surface area contributed by atoms with Crippen molar-refractivity contribution in [2.45, 2.75) is 13.3 Å². The van der Waals surface area contributed by atoms with Gasteiger partial charge in [-0.05, 0) is 13.0 Å². The third-order valence-electron chi connectivity index (χ3n) is 1.69. The molecule has 1 N–H and O–H groups in total. The van der Waals surface area contributed by atoms with E-state index >= 15 is 0 Å². The van der Waals surface area contributed by atoms with Gasteiger partial charge in [-0.3, -0.25) is 0 Å². The fraction of sp³-hybridized carbons (Fsp3) is 0.833. The SMILES string of the molecule is CC1(C=O)CCNC1.